The summed E-state index contributed by atoms with van der Waals surface area (Å²) in [5, 5.41) is 11.4. The molecule has 0 unspecified atom stereocenters. The molecule has 0 saturated carbocycles. The van der Waals surface area contributed by atoms with Crippen LogP contribution in [0.3, 0.4) is 0 Å². The van der Waals surface area contributed by atoms with Crippen molar-refractivity contribution in [3.8, 4) is 0 Å². The van der Waals surface area contributed by atoms with Gasteiger partial charge in [-0.25, -0.2) is 4.79 Å². The number of urea groups is 1. The third-order valence-electron chi connectivity index (χ3n) is 10.2. The maximum Gasteiger partial charge on any atom is 0.318 e. The lowest BCUT2D eigenvalue weighted by Gasteiger charge is -2.39. The van der Waals surface area contributed by atoms with Gasteiger partial charge in [-0.3, -0.25) is 9.20 Å². The lowest BCUT2D eigenvalue weighted by Crippen LogP contribution is -2.52. The van der Waals surface area contributed by atoms with E-state index in [2.05, 4.69) is 80.9 Å². The molecule has 3 aromatic heterocycles. The van der Waals surface area contributed by atoms with Crippen LogP contribution in [-0.4, -0.2) is 74.9 Å². The highest BCUT2D eigenvalue weighted by Gasteiger charge is 2.44. The van der Waals surface area contributed by atoms with Crippen molar-refractivity contribution in [3.05, 3.63) is 88.7 Å². The third-order valence-corrected chi connectivity index (χ3v) is 10.2. The SMILES string of the molecule is CC[C@@]1(c2ccccc2)CCN(c2cc(C)n(CCN3CC4(CCN(c5ccc6nncn6c5)CC4)NC3=O)c(=O)c2)C1. The van der Waals surface area contributed by atoms with Crippen LogP contribution in [0.2, 0.25) is 0 Å². The van der Waals surface area contributed by atoms with Crippen LogP contribution in [0.4, 0.5) is 16.2 Å². The van der Waals surface area contributed by atoms with Gasteiger partial charge in [0.15, 0.2) is 5.65 Å². The van der Waals surface area contributed by atoms with Gasteiger partial charge in [-0.2, -0.15) is 0 Å². The van der Waals surface area contributed by atoms with Gasteiger partial charge in [0.2, 0.25) is 0 Å². The molecule has 4 aromatic rings. The molecule has 3 aliphatic rings. The maximum atomic E-state index is 13.3. The van der Waals surface area contributed by atoms with E-state index < -0.39 is 0 Å². The first-order valence-corrected chi connectivity index (χ1v) is 15.5. The van der Waals surface area contributed by atoms with Crippen LogP contribution >= 0.6 is 0 Å². The molecule has 3 saturated heterocycles. The first-order chi connectivity index (χ1) is 20.9. The topological polar surface area (TPSA) is 91.0 Å². The van der Waals surface area contributed by atoms with Crippen molar-refractivity contribution in [2.75, 3.05) is 49.1 Å². The number of aromatic nitrogens is 4. The van der Waals surface area contributed by atoms with Gasteiger partial charge in [-0.1, -0.05) is 37.3 Å². The highest BCUT2D eigenvalue weighted by atomic mass is 16.2. The summed E-state index contributed by atoms with van der Waals surface area (Å²) in [7, 11) is 0. The predicted octanol–water partition coefficient (Wildman–Crippen LogP) is 3.82. The molecule has 224 valence electrons. The van der Waals surface area contributed by atoms with Gasteiger partial charge >= 0.3 is 6.03 Å². The van der Waals surface area contributed by atoms with E-state index in [0.717, 1.165) is 74.6 Å². The van der Waals surface area contributed by atoms with Crippen LogP contribution in [0.25, 0.3) is 5.65 Å². The fourth-order valence-electron chi connectivity index (χ4n) is 7.46. The van der Waals surface area contributed by atoms with Crippen LogP contribution in [0.15, 0.2) is 71.9 Å². The Morgan fingerprint density at radius 2 is 1.67 bits per heavy atom. The molecule has 2 amide bonds. The number of nitrogens with one attached hydrogen (secondary N) is 1. The van der Waals surface area contributed by atoms with Crippen LogP contribution in [-0.2, 0) is 12.0 Å². The third kappa shape index (κ3) is 5.02. The van der Waals surface area contributed by atoms with Crippen molar-refractivity contribution < 1.29 is 4.79 Å². The number of pyridine rings is 2. The van der Waals surface area contributed by atoms with Crippen molar-refractivity contribution in [2.45, 2.75) is 57.0 Å². The number of piperidine rings is 1. The minimum Gasteiger partial charge on any atom is -0.370 e. The smallest absolute Gasteiger partial charge is 0.318 e. The molecule has 0 aliphatic carbocycles. The van der Waals surface area contributed by atoms with E-state index in [-0.39, 0.29) is 22.5 Å². The second-order valence-electron chi connectivity index (χ2n) is 12.6. The predicted molar refractivity (Wildman–Crippen MR) is 168 cm³/mol. The molecule has 1 N–H and O–H groups in total. The molecular weight excluding hydrogens is 540 g/mol. The summed E-state index contributed by atoms with van der Waals surface area (Å²) in [6, 6.07) is 18.7. The first kappa shape index (κ1) is 27.5. The fraction of sp³-hybridized carbons (Fsp3) is 0.455. The normalized spacial score (nSPS) is 21.7. The summed E-state index contributed by atoms with van der Waals surface area (Å²) in [5.74, 6) is 0. The Balaban J connectivity index is 0.978. The lowest BCUT2D eigenvalue weighted by atomic mass is 9.77. The van der Waals surface area contributed by atoms with Gasteiger partial charge in [0, 0.05) is 74.9 Å². The van der Waals surface area contributed by atoms with E-state index in [4.69, 9.17) is 0 Å². The Kier molecular flexibility index (Phi) is 6.86. The van der Waals surface area contributed by atoms with Gasteiger partial charge in [0.05, 0.1) is 11.2 Å². The molecule has 3 fully saturated rings. The van der Waals surface area contributed by atoms with Gasteiger partial charge < -0.3 is 24.6 Å². The first-order valence-electron chi connectivity index (χ1n) is 15.5. The summed E-state index contributed by atoms with van der Waals surface area (Å²) in [6.45, 7) is 9.52. The minimum atomic E-state index is -0.224. The molecule has 1 atom stereocenters. The number of hydrogen-bond donors (Lipinski definition) is 1. The number of amides is 2. The number of benzene rings is 1. The largest absolute Gasteiger partial charge is 0.370 e. The number of fused-ring (bicyclic) bond motifs is 1. The molecule has 0 bridgehead atoms. The van der Waals surface area contributed by atoms with Gasteiger partial charge in [-0.05, 0) is 56.4 Å². The number of anilines is 2. The van der Waals surface area contributed by atoms with E-state index in [9.17, 15) is 9.59 Å². The number of nitrogens with zero attached hydrogens (tertiary/aromatic N) is 7. The zero-order valence-electron chi connectivity index (χ0n) is 25.1. The number of carbonyl (C=O) groups is 1. The second-order valence-corrected chi connectivity index (χ2v) is 12.6. The number of aryl methyl sites for hydroxylation is 1. The van der Waals surface area contributed by atoms with Crippen LogP contribution in [0.5, 0.6) is 0 Å². The molecule has 1 aromatic carbocycles. The molecule has 3 aliphatic heterocycles. The molecule has 43 heavy (non-hydrogen) atoms. The summed E-state index contributed by atoms with van der Waals surface area (Å²) < 4.78 is 3.75. The van der Waals surface area contributed by atoms with Gasteiger partial charge in [0.25, 0.3) is 5.56 Å². The van der Waals surface area contributed by atoms with E-state index in [1.807, 2.05) is 26.9 Å². The average Bonchev–Trinajstić information content (AvgIpc) is 3.75. The van der Waals surface area contributed by atoms with Crippen LogP contribution in [0.1, 0.15) is 43.9 Å². The molecule has 10 heteroatoms. The van der Waals surface area contributed by atoms with Crippen molar-refractivity contribution in [2.24, 2.45) is 0 Å². The Hall–Kier alpha value is -4.34. The van der Waals surface area contributed by atoms with Crippen molar-refractivity contribution in [3.63, 3.8) is 0 Å². The van der Waals surface area contributed by atoms with E-state index in [1.165, 1.54) is 5.56 Å². The van der Waals surface area contributed by atoms with Gasteiger partial charge in [0.1, 0.15) is 6.33 Å². The monoisotopic (exact) mass is 580 g/mol. The Morgan fingerprint density at radius 1 is 0.884 bits per heavy atom. The van der Waals surface area contributed by atoms with Crippen LogP contribution in [0, 0.1) is 6.92 Å². The second kappa shape index (κ2) is 10.7. The number of carbonyl (C=O) groups excluding carboxylic acids is 1. The summed E-state index contributed by atoms with van der Waals surface area (Å²) in [6.07, 6.45) is 7.68. The molecule has 6 heterocycles. The molecular formula is C33H40N8O2. The van der Waals surface area contributed by atoms with E-state index in [0.29, 0.717) is 19.6 Å². The van der Waals surface area contributed by atoms with Gasteiger partial charge in [-0.15, -0.1) is 10.2 Å². The van der Waals surface area contributed by atoms with Crippen molar-refractivity contribution in [1.82, 2.24) is 29.4 Å². The zero-order valence-corrected chi connectivity index (χ0v) is 25.1. The lowest BCUT2D eigenvalue weighted by molar-refractivity contribution is 0.215. The zero-order chi connectivity index (χ0) is 29.6. The molecule has 10 nitrogen and oxygen atoms in total. The average molecular weight is 581 g/mol. The Morgan fingerprint density at radius 3 is 2.44 bits per heavy atom. The highest BCUT2D eigenvalue weighted by molar-refractivity contribution is 5.78. The maximum absolute atomic E-state index is 13.3. The Bertz CT molecular complexity index is 1690. The molecule has 1 spiro atoms. The minimum absolute atomic E-state index is 0.00334. The number of rotatable bonds is 7. The summed E-state index contributed by atoms with van der Waals surface area (Å²) in [4.78, 5) is 33.0. The number of hydrogen-bond acceptors (Lipinski definition) is 6. The van der Waals surface area contributed by atoms with Crippen LogP contribution < -0.4 is 20.7 Å². The highest BCUT2D eigenvalue weighted by Crippen LogP contribution is 2.39. The van der Waals surface area contributed by atoms with E-state index in [1.54, 1.807) is 12.4 Å². The summed E-state index contributed by atoms with van der Waals surface area (Å²) >= 11 is 0. The molecule has 7 rings (SSSR count). The molecule has 0 radical (unpaired) electrons. The summed E-state index contributed by atoms with van der Waals surface area (Å²) in [5.41, 5.74) is 5.17. The fourth-order valence-corrected chi connectivity index (χ4v) is 7.46. The Labute approximate surface area is 251 Å². The quantitative estimate of drug-likeness (QED) is 0.358. The standard InChI is InChI=1S/C33H40N8O2/c1-3-32(26-7-5-4-6-8-26)11-14-38(22-32)28-19-25(2)41(30(42)20-28)18-17-39-23-33(35-31(39)43)12-15-37(16-13-33)27-9-10-29-36-34-24-40(29)21-27/h4-10,19-21,24H,3,11-18,22-23H2,1-2H3,(H,35,43)/t32-/m1/s1. The van der Waals surface area contributed by atoms with Crippen molar-refractivity contribution in [1.29, 1.82) is 0 Å². The van der Waals surface area contributed by atoms with Crippen molar-refractivity contribution >= 4 is 23.1 Å². The van der Waals surface area contributed by atoms with E-state index >= 15 is 0 Å².